The van der Waals surface area contributed by atoms with Crippen LogP contribution in [0.2, 0.25) is 0 Å². The Bertz CT molecular complexity index is 1020. The number of nitrogens with zero attached hydrogens (tertiary/aromatic N) is 2. The van der Waals surface area contributed by atoms with E-state index in [0.717, 1.165) is 24.3 Å². The summed E-state index contributed by atoms with van der Waals surface area (Å²) in [7, 11) is 1.48. The number of aryl methyl sites for hydroxylation is 1. The van der Waals surface area contributed by atoms with Crippen molar-refractivity contribution in [1.82, 2.24) is 9.78 Å². The van der Waals surface area contributed by atoms with E-state index < -0.39 is 29.0 Å². The van der Waals surface area contributed by atoms with Gasteiger partial charge < -0.3 is 5.32 Å². The molecule has 1 N–H and O–H groups in total. The fourth-order valence-corrected chi connectivity index (χ4v) is 2.75. The van der Waals surface area contributed by atoms with Gasteiger partial charge in [0.15, 0.2) is 0 Å². The van der Waals surface area contributed by atoms with Gasteiger partial charge >= 0.3 is 0 Å². The molecule has 0 saturated heterocycles. The Balaban J connectivity index is 2.02. The van der Waals surface area contributed by atoms with Gasteiger partial charge in [0, 0.05) is 36.1 Å². The molecule has 3 rings (SSSR count). The highest BCUT2D eigenvalue weighted by molar-refractivity contribution is 6.20. The number of anilines is 1. The molecular weight excluding hydrogens is 386 g/mol. The minimum absolute atomic E-state index is 0.00559. The van der Waals surface area contributed by atoms with Gasteiger partial charge in [-0.2, -0.15) is 5.10 Å². The van der Waals surface area contributed by atoms with Gasteiger partial charge in [0.25, 0.3) is 5.91 Å². The molecule has 140 valence electrons. The Labute approximate surface area is 156 Å². The van der Waals surface area contributed by atoms with E-state index in [-0.39, 0.29) is 28.1 Å². The van der Waals surface area contributed by atoms with Crippen LogP contribution in [0.15, 0.2) is 42.6 Å². The largest absolute Gasteiger partial charge is 0.321 e. The Morgan fingerprint density at radius 2 is 1.78 bits per heavy atom. The number of nitrogens with one attached hydrogen (secondary N) is 1. The second kappa shape index (κ2) is 7.40. The van der Waals surface area contributed by atoms with Crippen LogP contribution >= 0.6 is 11.6 Å². The third kappa shape index (κ3) is 3.95. The van der Waals surface area contributed by atoms with E-state index in [1.807, 2.05) is 0 Å². The van der Waals surface area contributed by atoms with Crippen LogP contribution in [-0.4, -0.2) is 15.7 Å². The van der Waals surface area contributed by atoms with Crippen LogP contribution in [0.1, 0.15) is 21.7 Å². The quantitative estimate of drug-likeness (QED) is 0.499. The average Bonchev–Trinajstić information content (AvgIpc) is 2.99. The number of hydrogen-bond donors (Lipinski definition) is 1. The number of rotatable bonds is 4. The third-order valence-electron chi connectivity index (χ3n) is 3.76. The van der Waals surface area contributed by atoms with Crippen molar-refractivity contribution in [2.24, 2.45) is 7.05 Å². The van der Waals surface area contributed by atoms with E-state index >= 15 is 0 Å². The number of aromatic nitrogens is 2. The number of alkyl halides is 2. The van der Waals surface area contributed by atoms with Crippen molar-refractivity contribution in [2.75, 3.05) is 5.32 Å². The fourth-order valence-electron chi connectivity index (χ4n) is 2.59. The first kappa shape index (κ1) is 18.9. The molecule has 0 bridgehead atoms. The monoisotopic (exact) mass is 397 g/mol. The summed E-state index contributed by atoms with van der Waals surface area (Å²) in [5.74, 6) is -3.17. The van der Waals surface area contributed by atoms with E-state index in [9.17, 15) is 22.4 Å². The third-order valence-corrected chi connectivity index (χ3v) is 3.97. The summed E-state index contributed by atoms with van der Waals surface area (Å²) in [4.78, 5) is 12.5. The number of halogens is 5. The summed E-state index contributed by atoms with van der Waals surface area (Å²) < 4.78 is 55.7. The molecule has 1 aromatic heterocycles. The van der Waals surface area contributed by atoms with Gasteiger partial charge in [0.05, 0.1) is 5.56 Å². The summed E-state index contributed by atoms with van der Waals surface area (Å²) in [5, 5.41) is 6.24. The standard InChI is InChI=1S/C18H12ClF4N3O/c1-26-8-13(16(25-26)17(19)23)18(27)24-15-5-3-9(20)6-12(15)11-4-2-10(21)7-14(11)22/h2-8,17H,1H3,(H,24,27). The zero-order chi connectivity index (χ0) is 19.7. The van der Waals surface area contributed by atoms with Gasteiger partial charge in [0.2, 0.25) is 5.63 Å². The van der Waals surface area contributed by atoms with Crippen molar-refractivity contribution in [3.63, 3.8) is 0 Å². The van der Waals surface area contributed by atoms with Gasteiger partial charge in [0.1, 0.15) is 23.1 Å². The predicted molar refractivity (Wildman–Crippen MR) is 92.6 cm³/mol. The highest BCUT2D eigenvalue weighted by Crippen LogP contribution is 2.32. The van der Waals surface area contributed by atoms with Crippen LogP contribution in [-0.2, 0) is 7.05 Å². The van der Waals surface area contributed by atoms with E-state index in [1.54, 1.807) is 0 Å². The minimum atomic E-state index is -2.01. The lowest BCUT2D eigenvalue weighted by Crippen LogP contribution is -2.14. The molecule has 0 aliphatic heterocycles. The maximum Gasteiger partial charge on any atom is 0.259 e. The summed E-state index contributed by atoms with van der Waals surface area (Å²) in [6, 6.07) is 6.05. The molecule has 1 atom stereocenters. The molecule has 0 aliphatic rings. The Kier molecular flexibility index (Phi) is 5.18. The van der Waals surface area contributed by atoms with Crippen molar-refractivity contribution in [2.45, 2.75) is 5.63 Å². The van der Waals surface area contributed by atoms with E-state index in [1.165, 1.54) is 24.0 Å². The van der Waals surface area contributed by atoms with Crippen LogP contribution in [0.5, 0.6) is 0 Å². The molecule has 1 amide bonds. The number of benzene rings is 2. The van der Waals surface area contributed by atoms with Crippen LogP contribution in [0.25, 0.3) is 11.1 Å². The molecule has 3 aromatic rings. The molecular formula is C18H12ClF4N3O. The highest BCUT2D eigenvalue weighted by Gasteiger charge is 2.23. The molecule has 1 heterocycles. The van der Waals surface area contributed by atoms with Crippen molar-refractivity contribution in [3.05, 3.63) is 71.3 Å². The molecule has 27 heavy (non-hydrogen) atoms. The lowest BCUT2D eigenvalue weighted by Gasteiger charge is -2.12. The molecule has 0 fully saturated rings. The Morgan fingerprint density at radius 1 is 1.11 bits per heavy atom. The van der Waals surface area contributed by atoms with Crippen molar-refractivity contribution in [1.29, 1.82) is 0 Å². The Morgan fingerprint density at radius 3 is 2.44 bits per heavy atom. The van der Waals surface area contributed by atoms with Gasteiger partial charge in [-0.3, -0.25) is 9.48 Å². The fraction of sp³-hybridized carbons (Fsp3) is 0.111. The van der Waals surface area contributed by atoms with Gasteiger partial charge in [-0.15, -0.1) is 0 Å². The molecule has 4 nitrogen and oxygen atoms in total. The lowest BCUT2D eigenvalue weighted by molar-refractivity contribution is 0.102. The molecule has 0 aliphatic carbocycles. The minimum Gasteiger partial charge on any atom is -0.321 e. The van der Waals surface area contributed by atoms with Crippen molar-refractivity contribution in [3.8, 4) is 11.1 Å². The summed E-state index contributed by atoms with van der Waals surface area (Å²) >= 11 is 5.40. The molecule has 1 unspecified atom stereocenters. The first-order valence-electron chi connectivity index (χ1n) is 7.64. The van der Waals surface area contributed by atoms with Gasteiger partial charge in [-0.1, -0.05) is 11.6 Å². The molecule has 0 spiro atoms. The topological polar surface area (TPSA) is 46.9 Å². The first-order chi connectivity index (χ1) is 12.8. The first-order valence-corrected chi connectivity index (χ1v) is 8.08. The van der Waals surface area contributed by atoms with Crippen molar-refractivity contribution >= 4 is 23.2 Å². The zero-order valence-corrected chi connectivity index (χ0v) is 14.6. The summed E-state index contributed by atoms with van der Waals surface area (Å²) in [6.07, 6.45) is 1.27. The lowest BCUT2D eigenvalue weighted by atomic mass is 10.0. The smallest absolute Gasteiger partial charge is 0.259 e. The maximum absolute atomic E-state index is 14.1. The normalized spacial score (nSPS) is 12.1. The average molecular weight is 398 g/mol. The second-order valence-corrected chi connectivity index (χ2v) is 6.05. The van der Waals surface area contributed by atoms with Crippen LogP contribution < -0.4 is 5.32 Å². The summed E-state index contributed by atoms with van der Waals surface area (Å²) in [5.41, 5.74) is -2.49. The number of hydrogen-bond acceptors (Lipinski definition) is 2. The molecule has 9 heteroatoms. The van der Waals surface area contributed by atoms with Crippen LogP contribution in [0.3, 0.4) is 0 Å². The molecule has 0 radical (unpaired) electrons. The summed E-state index contributed by atoms with van der Waals surface area (Å²) in [6.45, 7) is 0. The van der Waals surface area contributed by atoms with Gasteiger partial charge in [-0.25, -0.2) is 17.6 Å². The number of amides is 1. The van der Waals surface area contributed by atoms with Crippen LogP contribution in [0, 0.1) is 17.5 Å². The van der Waals surface area contributed by atoms with E-state index in [4.69, 9.17) is 11.6 Å². The van der Waals surface area contributed by atoms with Crippen molar-refractivity contribution < 1.29 is 22.4 Å². The number of carbonyl (C=O) groups is 1. The van der Waals surface area contributed by atoms with E-state index in [2.05, 4.69) is 10.4 Å². The molecule has 0 saturated carbocycles. The zero-order valence-electron chi connectivity index (χ0n) is 13.8. The molecule has 2 aromatic carbocycles. The SMILES string of the molecule is Cn1cc(C(=O)Nc2ccc(F)cc2-c2ccc(F)cc2F)c(C(F)Cl)n1. The highest BCUT2D eigenvalue weighted by atomic mass is 35.5. The maximum atomic E-state index is 14.1. The van der Waals surface area contributed by atoms with Gasteiger partial charge in [-0.05, 0) is 30.3 Å². The van der Waals surface area contributed by atoms with E-state index in [0.29, 0.717) is 6.07 Å². The second-order valence-electron chi connectivity index (χ2n) is 5.67. The number of carbonyl (C=O) groups excluding carboxylic acids is 1. The Hall–Kier alpha value is -2.87. The predicted octanol–water partition coefficient (Wildman–Crippen LogP) is 4.96. The van der Waals surface area contributed by atoms with Crippen LogP contribution in [0.4, 0.5) is 23.2 Å².